The molecule has 4 aromatic rings. The highest BCUT2D eigenvalue weighted by molar-refractivity contribution is 7.98. The van der Waals surface area contributed by atoms with Gasteiger partial charge in [-0.25, -0.2) is 4.68 Å². The molecule has 0 saturated carbocycles. The number of halogens is 1. The van der Waals surface area contributed by atoms with Gasteiger partial charge in [-0.3, -0.25) is 4.57 Å². The van der Waals surface area contributed by atoms with Crippen LogP contribution in [-0.4, -0.2) is 35.0 Å². The zero-order valence-corrected chi connectivity index (χ0v) is 15.7. The van der Waals surface area contributed by atoms with E-state index in [2.05, 4.69) is 25.7 Å². The monoisotopic (exact) mass is 398 g/mol. The van der Waals surface area contributed by atoms with Gasteiger partial charge in [-0.1, -0.05) is 64.9 Å². The van der Waals surface area contributed by atoms with Gasteiger partial charge < -0.3 is 5.73 Å². The molecule has 8 nitrogen and oxygen atoms in total. The number of nitrogen functional groups attached to an aromatic ring is 1. The third-order valence-electron chi connectivity index (χ3n) is 3.88. The minimum absolute atomic E-state index is 0.225. The molecular formula is C17H15ClN8S. The van der Waals surface area contributed by atoms with Gasteiger partial charge in [0.05, 0.1) is 0 Å². The predicted octanol–water partition coefficient (Wildman–Crippen LogP) is 2.83. The number of anilines is 1. The van der Waals surface area contributed by atoms with Gasteiger partial charge in [-0.05, 0) is 34.2 Å². The van der Waals surface area contributed by atoms with Crippen LogP contribution >= 0.6 is 23.4 Å². The van der Waals surface area contributed by atoms with Gasteiger partial charge in [-0.2, -0.15) is 0 Å². The van der Waals surface area contributed by atoms with E-state index in [0.29, 0.717) is 18.1 Å². The Morgan fingerprint density at radius 1 is 0.963 bits per heavy atom. The van der Waals surface area contributed by atoms with Gasteiger partial charge in [0.25, 0.3) is 0 Å². The van der Waals surface area contributed by atoms with Crippen molar-refractivity contribution in [1.29, 1.82) is 0 Å². The summed E-state index contributed by atoms with van der Waals surface area (Å²) >= 11 is 7.83. The summed E-state index contributed by atoms with van der Waals surface area (Å²) in [5.41, 5.74) is 7.77. The van der Waals surface area contributed by atoms with E-state index in [-0.39, 0.29) is 5.95 Å². The molecule has 10 heteroatoms. The summed E-state index contributed by atoms with van der Waals surface area (Å²) in [7, 11) is 0. The molecule has 0 spiro atoms. The maximum atomic E-state index is 6.27. The fraction of sp³-hybridized carbons (Fsp3) is 0.118. The van der Waals surface area contributed by atoms with Crippen molar-refractivity contribution >= 4 is 29.3 Å². The maximum absolute atomic E-state index is 6.27. The maximum Gasteiger partial charge on any atom is 0.240 e. The summed E-state index contributed by atoms with van der Waals surface area (Å²) < 4.78 is 3.45. The van der Waals surface area contributed by atoms with Crippen LogP contribution in [0.2, 0.25) is 5.02 Å². The van der Waals surface area contributed by atoms with Crippen molar-refractivity contribution in [2.45, 2.75) is 17.5 Å². The topological polar surface area (TPSA) is 100 Å². The van der Waals surface area contributed by atoms with Crippen LogP contribution in [0.15, 0.2) is 59.8 Å². The molecule has 0 unspecified atom stereocenters. The number of tetrazole rings is 1. The predicted molar refractivity (Wildman–Crippen MR) is 104 cm³/mol. The summed E-state index contributed by atoms with van der Waals surface area (Å²) in [5, 5.41) is 21.3. The quantitative estimate of drug-likeness (QED) is 0.498. The van der Waals surface area contributed by atoms with E-state index in [0.717, 1.165) is 21.4 Å². The summed E-state index contributed by atoms with van der Waals surface area (Å²) in [5.74, 6) is 1.59. The highest BCUT2D eigenvalue weighted by Gasteiger charge is 2.17. The van der Waals surface area contributed by atoms with Gasteiger partial charge in [0.15, 0.2) is 11.0 Å². The minimum atomic E-state index is 0.225. The average molecular weight is 399 g/mol. The minimum Gasteiger partial charge on any atom is -0.367 e. The second kappa shape index (κ2) is 7.77. The highest BCUT2D eigenvalue weighted by atomic mass is 35.5. The lowest BCUT2D eigenvalue weighted by Gasteiger charge is -2.10. The number of hydrogen-bond donors (Lipinski definition) is 1. The van der Waals surface area contributed by atoms with Crippen LogP contribution in [0.25, 0.3) is 5.69 Å². The Morgan fingerprint density at radius 2 is 1.74 bits per heavy atom. The number of hydrogen-bond acceptors (Lipinski definition) is 7. The molecule has 2 N–H and O–H groups in total. The number of aromatic nitrogens is 7. The second-order valence-electron chi connectivity index (χ2n) is 5.64. The Bertz CT molecular complexity index is 1050. The highest BCUT2D eigenvalue weighted by Crippen LogP contribution is 2.28. The van der Waals surface area contributed by atoms with Crippen molar-refractivity contribution in [2.75, 3.05) is 5.73 Å². The number of benzene rings is 2. The van der Waals surface area contributed by atoms with Crippen molar-refractivity contribution in [3.05, 3.63) is 71.0 Å². The van der Waals surface area contributed by atoms with Crippen LogP contribution in [0, 0.1) is 0 Å². The van der Waals surface area contributed by atoms with Gasteiger partial charge in [-0.15, -0.1) is 10.2 Å². The fourth-order valence-corrected chi connectivity index (χ4v) is 3.81. The van der Waals surface area contributed by atoms with Gasteiger partial charge in [0, 0.05) is 16.5 Å². The summed E-state index contributed by atoms with van der Waals surface area (Å²) in [6.45, 7) is 0.313. The van der Waals surface area contributed by atoms with Crippen LogP contribution in [0.3, 0.4) is 0 Å². The molecule has 0 amide bonds. The molecule has 2 aromatic heterocycles. The Labute approximate surface area is 164 Å². The van der Waals surface area contributed by atoms with Crippen LogP contribution in [0.5, 0.6) is 0 Å². The summed E-state index contributed by atoms with van der Waals surface area (Å²) in [6, 6.07) is 17.6. The normalized spacial score (nSPS) is 11.0. The SMILES string of the molecule is Nc1nnnn1Cc1nnc(SCc2ccccc2Cl)n1-c1ccccc1. The van der Waals surface area contributed by atoms with Gasteiger partial charge in [0.1, 0.15) is 6.54 Å². The Hall–Kier alpha value is -2.91. The molecule has 2 aromatic carbocycles. The zero-order chi connectivity index (χ0) is 18.6. The van der Waals surface area contributed by atoms with Gasteiger partial charge in [0.2, 0.25) is 5.95 Å². The molecule has 2 heterocycles. The first-order valence-corrected chi connectivity index (χ1v) is 9.46. The van der Waals surface area contributed by atoms with E-state index >= 15 is 0 Å². The van der Waals surface area contributed by atoms with Crippen LogP contribution in [0.4, 0.5) is 5.95 Å². The van der Waals surface area contributed by atoms with E-state index in [4.69, 9.17) is 17.3 Å². The van der Waals surface area contributed by atoms with Crippen molar-refractivity contribution < 1.29 is 0 Å². The molecule has 0 saturated heterocycles. The van der Waals surface area contributed by atoms with E-state index in [1.165, 1.54) is 4.68 Å². The third kappa shape index (κ3) is 3.79. The smallest absolute Gasteiger partial charge is 0.240 e. The van der Waals surface area contributed by atoms with E-state index in [9.17, 15) is 0 Å². The molecule has 0 aliphatic carbocycles. The standard InChI is InChI=1S/C17H15ClN8S/c18-14-9-5-4-6-12(14)11-27-17-22-20-15(10-25-16(19)21-23-24-25)26(17)13-7-2-1-3-8-13/h1-9H,10-11H2,(H2,19,21,24). The van der Waals surface area contributed by atoms with Crippen LogP contribution in [-0.2, 0) is 12.3 Å². The Kier molecular flexibility index (Phi) is 5.03. The molecule has 0 bridgehead atoms. The zero-order valence-electron chi connectivity index (χ0n) is 14.1. The summed E-state index contributed by atoms with van der Waals surface area (Å²) in [6.07, 6.45) is 0. The number of thioether (sulfide) groups is 1. The van der Waals surface area contributed by atoms with E-state index in [1.807, 2.05) is 59.2 Å². The van der Waals surface area contributed by atoms with E-state index < -0.39 is 0 Å². The number of nitrogens with two attached hydrogens (primary N) is 1. The molecular weight excluding hydrogens is 384 g/mol. The molecule has 136 valence electrons. The molecule has 0 aliphatic heterocycles. The van der Waals surface area contributed by atoms with Crippen LogP contribution in [0.1, 0.15) is 11.4 Å². The average Bonchev–Trinajstić information content (AvgIpc) is 3.28. The largest absolute Gasteiger partial charge is 0.367 e. The molecule has 0 atom stereocenters. The third-order valence-corrected chi connectivity index (χ3v) is 5.23. The molecule has 0 radical (unpaired) electrons. The lowest BCUT2D eigenvalue weighted by molar-refractivity contribution is 0.619. The fourth-order valence-electron chi connectivity index (χ4n) is 2.55. The Morgan fingerprint density at radius 3 is 2.48 bits per heavy atom. The summed E-state index contributed by atoms with van der Waals surface area (Å²) in [4.78, 5) is 0. The van der Waals surface area contributed by atoms with Crippen molar-refractivity contribution in [3.63, 3.8) is 0 Å². The first kappa shape index (κ1) is 17.5. The number of rotatable bonds is 6. The number of para-hydroxylation sites is 1. The molecule has 0 fully saturated rings. The van der Waals surface area contributed by atoms with E-state index in [1.54, 1.807) is 11.8 Å². The first-order chi connectivity index (χ1) is 13.2. The van der Waals surface area contributed by atoms with Crippen molar-refractivity contribution in [2.24, 2.45) is 0 Å². The lowest BCUT2D eigenvalue weighted by atomic mass is 10.2. The Balaban J connectivity index is 1.67. The van der Waals surface area contributed by atoms with Crippen LogP contribution < -0.4 is 5.73 Å². The van der Waals surface area contributed by atoms with Gasteiger partial charge >= 0.3 is 0 Å². The molecule has 4 rings (SSSR count). The van der Waals surface area contributed by atoms with Crippen molar-refractivity contribution in [1.82, 2.24) is 35.0 Å². The molecule has 0 aliphatic rings. The first-order valence-electron chi connectivity index (χ1n) is 8.10. The molecule has 27 heavy (non-hydrogen) atoms. The van der Waals surface area contributed by atoms with Crippen molar-refractivity contribution in [3.8, 4) is 5.69 Å². The second-order valence-corrected chi connectivity index (χ2v) is 6.99. The number of nitrogens with zero attached hydrogens (tertiary/aromatic N) is 7. The lowest BCUT2D eigenvalue weighted by Crippen LogP contribution is -2.11.